The highest BCUT2D eigenvalue weighted by molar-refractivity contribution is 6.00. The van der Waals surface area contributed by atoms with Gasteiger partial charge in [-0.1, -0.05) is 13.0 Å². The van der Waals surface area contributed by atoms with Crippen molar-refractivity contribution in [3.63, 3.8) is 0 Å². The maximum Gasteiger partial charge on any atom is 0.275 e. The number of hydrogen-bond donors (Lipinski definition) is 2. The highest BCUT2D eigenvalue weighted by Gasteiger charge is 2.42. The summed E-state index contributed by atoms with van der Waals surface area (Å²) in [5, 5.41) is 17.1. The number of H-pyrrole nitrogens is 1. The number of rotatable bonds is 5. The van der Waals surface area contributed by atoms with Crippen LogP contribution in [0.15, 0.2) is 41.0 Å². The van der Waals surface area contributed by atoms with Crippen LogP contribution in [0.4, 0.5) is 0 Å². The van der Waals surface area contributed by atoms with Gasteiger partial charge in [0.15, 0.2) is 23.0 Å². The van der Waals surface area contributed by atoms with Gasteiger partial charge in [-0.3, -0.25) is 9.89 Å². The number of carbonyl (C=O) groups excluding carboxylic acids is 1. The van der Waals surface area contributed by atoms with Crippen LogP contribution in [0.3, 0.4) is 0 Å². The van der Waals surface area contributed by atoms with Gasteiger partial charge in [0.1, 0.15) is 5.69 Å². The maximum absolute atomic E-state index is 12.9. The Balaban J connectivity index is 1.90. The van der Waals surface area contributed by atoms with Gasteiger partial charge in [-0.15, -0.1) is 0 Å². The third-order valence-electron chi connectivity index (χ3n) is 4.60. The second-order valence-corrected chi connectivity index (χ2v) is 6.17. The summed E-state index contributed by atoms with van der Waals surface area (Å²) in [4.78, 5) is 14.7. The number of nitrogens with zero attached hydrogens (tertiary/aromatic N) is 2. The van der Waals surface area contributed by atoms with Gasteiger partial charge in [-0.25, -0.2) is 0 Å². The number of fused-ring (bicyclic) bond motifs is 1. The molecular weight excluding hydrogens is 334 g/mol. The number of aromatic nitrogens is 2. The highest BCUT2D eigenvalue weighted by Crippen LogP contribution is 2.44. The molecule has 3 aromatic rings. The Morgan fingerprint density at radius 1 is 1.38 bits per heavy atom. The first-order valence-corrected chi connectivity index (χ1v) is 8.45. The van der Waals surface area contributed by atoms with E-state index in [1.54, 1.807) is 35.4 Å². The van der Waals surface area contributed by atoms with Crippen LogP contribution in [-0.2, 0) is 0 Å². The summed E-state index contributed by atoms with van der Waals surface area (Å²) >= 11 is 0. The van der Waals surface area contributed by atoms with E-state index in [-0.39, 0.29) is 17.7 Å². The number of phenols is 1. The number of ether oxygens (including phenoxy) is 1. The van der Waals surface area contributed by atoms with Crippen LogP contribution < -0.4 is 4.74 Å². The Labute approximate surface area is 150 Å². The molecule has 26 heavy (non-hydrogen) atoms. The molecule has 134 valence electrons. The van der Waals surface area contributed by atoms with E-state index in [9.17, 15) is 9.90 Å². The third kappa shape index (κ3) is 2.35. The molecule has 0 aliphatic carbocycles. The Hall–Kier alpha value is -3.22. The molecule has 0 spiro atoms. The van der Waals surface area contributed by atoms with Crippen molar-refractivity contribution in [2.24, 2.45) is 0 Å². The first kappa shape index (κ1) is 16.3. The van der Waals surface area contributed by atoms with Crippen LogP contribution in [-0.4, -0.2) is 39.8 Å². The lowest BCUT2D eigenvalue weighted by atomic mass is 9.97. The quantitative estimate of drug-likeness (QED) is 0.734. The van der Waals surface area contributed by atoms with Gasteiger partial charge in [-0.05, 0) is 36.2 Å². The summed E-state index contributed by atoms with van der Waals surface area (Å²) < 4.78 is 10.8. The molecular formula is C19H19N3O4. The van der Waals surface area contributed by atoms with E-state index >= 15 is 0 Å². The van der Waals surface area contributed by atoms with Crippen LogP contribution in [0, 0.1) is 0 Å². The maximum atomic E-state index is 12.9. The lowest BCUT2D eigenvalue weighted by Gasteiger charge is -2.26. The lowest BCUT2D eigenvalue weighted by molar-refractivity contribution is 0.0743. The number of nitrogens with one attached hydrogen (secondary N) is 1. The summed E-state index contributed by atoms with van der Waals surface area (Å²) in [5.74, 6) is 0.928. The van der Waals surface area contributed by atoms with Crippen molar-refractivity contribution < 1.29 is 19.1 Å². The molecule has 7 heteroatoms. The predicted molar refractivity (Wildman–Crippen MR) is 94.1 cm³/mol. The topological polar surface area (TPSA) is 91.6 Å². The predicted octanol–water partition coefficient (Wildman–Crippen LogP) is 3.34. The smallest absolute Gasteiger partial charge is 0.275 e. The van der Waals surface area contributed by atoms with Gasteiger partial charge in [0, 0.05) is 12.1 Å². The summed E-state index contributed by atoms with van der Waals surface area (Å²) in [6.45, 7) is 2.62. The molecule has 1 aliphatic rings. The molecule has 0 bridgehead atoms. The molecule has 4 rings (SSSR count). The molecule has 1 aliphatic heterocycles. The van der Waals surface area contributed by atoms with E-state index in [0.29, 0.717) is 29.4 Å². The molecule has 0 saturated heterocycles. The van der Waals surface area contributed by atoms with Crippen LogP contribution in [0.2, 0.25) is 0 Å². The van der Waals surface area contributed by atoms with Crippen LogP contribution in [0.5, 0.6) is 11.5 Å². The van der Waals surface area contributed by atoms with Crippen LogP contribution in [0.25, 0.3) is 11.5 Å². The molecule has 1 aromatic carbocycles. The molecule has 0 unspecified atom stereocenters. The molecule has 1 amide bonds. The van der Waals surface area contributed by atoms with Crippen molar-refractivity contribution in [2.75, 3.05) is 13.7 Å². The minimum absolute atomic E-state index is 0.0568. The number of aromatic amines is 1. The number of phenolic OH excluding ortho intramolecular Hbond substituents is 1. The van der Waals surface area contributed by atoms with E-state index in [2.05, 4.69) is 10.2 Å². The van der Waals surface area contributed by atoms with Gasteiger partial charge in [0.25, 0.3) is 5.91 Å². The molecule has 2 N–H and O–H groups in total. The van der Waals surface area contributed by atoms with Gasteiger partial charge in [-0.2, -0.15) is 5.10 Å². The van der Waals surface area contributed by atoms with Crippen molar-refractivity contribution in [3.05, 3.63) is 53.4 Å². The average molecular weight is 353 g/mol. The monoisotopic (exact) mass is 353 g/mol. The van der Waals surface area contributed by atoms with Gasteiger partial charge in [0.05, 0.1) is 19.4 Å². The zero-order chi connectivity index (χ0) is 18.3. The van der Waals surface area contributed by atoms with Crippen molar-refractivity contribution in [2.45, 2.75) is 19.4 Å². The first-order chi connectivity index (χ1) is 12.7. The van der Waals surface area contributed by atoms with E-state index in [4.69, 9.17) is 9.15 Å². The van der Waals surface area contributed by atoms with Gasteiger partial charge >= 0.3 is 0 Å². The fourth-order valence-corrected chi connectivity index (χ4v) is 3.48. The number of carbonyl (C=O) groups is 1. The van der Waals surface area contributed by atoms with E-state index in [1.807, 2.05) is 13.0 Å². The molecule has 2 aromatic heterocycles. The summed E-state index contributed by atoms with van der Waals surface area (Å²) in [5.41, 5.74) is 2.72. The second-order valence-electron chi connectivity index (χ2n) is 6.17. The molecule has 0 saturated carbocycles. The Morgan fingerprint density at radius 2 is 2.23 bits per heavy atom. The first-order valence-electron chi connectivity index (χ1n) is 8.45. The standard InChI is InChI=1S/C19H19N3O4/c1-3-8-22-18(11-6-7-12(23)14(10-11)25-2)15-16(13-5-4-9-26-13)20-21-17(15)19(22)24/h4-7,9-10,18,23H,3,8H2,1-2H3,(H,20,21)/t18-/m1/s1. The number of methoxy groups -OCH3 is 1. The van der Waals surface area contributed by atoms with E-state index in [1.165, 1.54) is 7.11 Å². The molecule has 0 radical (unpaired) electrons. The van der Waals surface area contributed by atoms with Crippen molar-refractivity contribution >= 4 is 5.91 Å². The zero-order valence-corrected chi connectivity index (χ0v) is 14.5. The minimum Gasteiger partial charge on any atom is -0.504 e. The van der Waals surface area contributed by atoms with Crippen molar-refractivity contribution in [1.82, 2.24) is 15.1 Å². The summed E-state index contributed by atoms with van der Waals surface area (Å²) in [7, 11) is 1.50. The fraction of sp³-hybridized carbons (Fsp3) is 0.263. The SMILES string of the molecule is CCCN1C(=O)c2n[nH]c(-c3ccco3)c2[C@H]1c1ccc(O)c(OC)c1. The summed E-state index contributed by atoms with van der Waals surface area (Å²) in [6, 6.07) is 8.42. The average Bonchev–Trinajstić information content (AvgIpc) is 3.35. The molecule has 7 nitrogen and oxygen atoms in total. The molecule has 1 atom stereocenters. The van der Waals surface area contributed by atoms with Gasteiger partial charge in [0.2, 0.25) is 0 Å². The van der Waals surface area contributed by atoms with Crippen molar-refractivity contribution in [3.8, 4) is 23.0 Å². The fourth-order valence-electron chi connectivity index (χ4n) is 3.48. The van der Waals surface area contributed by atoms with Gasteiger partial charge < -0.3 is 19.2 Å². The Kier molecular flexibility index (Phi) is 3.91. The van der Waals surface area contributed by atoms with E-state index in [0.717, 1.165) is 17.5 Å². The Morgan fingerprint density at radius 3 is 2.92 bits per heavy atom. The highest BCUT2D eigenvalue weighted by atomic mass is 16.5. The zero-order valence-electron chi connectivity index (χ0n) is 14.5. The number of furan rings is 1. The number of amides is 1. The van der Waals surface area contributed by atoms with E-state index < -0.39 is 0 Å². The number of hydrogen-bond acceptors (Lipinski definition) is 5. The molecule has 0 fully saturated rings. The lowest BCUT2D eigenvalue weighted by Crippen LogP contribution is -2.30. The van der Waals surface area contributed by atoms with Crippen molar-refractivity contribution in [1.29, 1.82) is 0 Å². The van der Waals surface area contributed by atoms with Crippen LogP contribution in [0.1, 0.15) is 41.0 Å². The molecule has 3 heterocycles. The second kappa shape index (κ2) is 6.25. The normalized spacial score (nSPS) is 16.2. The number of aromatic hydroxyl groups is 1. The number of benzene rings is 1. The Bertz CT molecular complexity index is 946. The van der Waals surface area contributed by atoms with Crippen LogP contribution >= 0.6 is 0 Å². The largest absolute Gasteiger partial charge is 0.504 e. The summed E-state index contributed by atoms with van der Waals surface area (Å²) in [6.07, 6.45) is 2.41. The third-order valence-corrected chi connectivity index (χ3v) is 4.60. The minimum atomic E-state index is -0.328.